The molecule has 0 spiro atoms. The van der Waals surface area contributed by atoms with Gasteiger partial charge in [0.1, 0.15) is 0 Å². The van der Waals surface area contributed by atoms with Crippen LogP contribution in [0.4, 0.5) is 0 Å². The van der Waals surface area contributed by atoms with Crippen LogP contribution in [-0.4, -0.2) is 25.2 Å². The summed E-state index contributed by atoms with van der Waals surface area (Å²) in [4.78, 5) is 23.3. The van der Waals surface area contributed by atoms with Crippen molar-refractivity contribution in [2.45, 2.75) is 68.2 Å². The monoisotopic (exact) mass is 340 g/mol. The lowest BCUT2D eigenvalue weighted by molar-refractivity contribution is -0.142. The van der Waals surface area contributed by atoms with Crippen molar-refractivity contribution >= 4 is 11.9 Å². The number of carbonyl (C=O) groups is 2. The number of hydrogen-bond acceptors (Lipinski definition) is 4. The Balaban J connectivity index is 4.07. The molecular formula is C20H36O4. The standard InChI is InChI=1S/C20H36O4/c1-15(11-19(3,4)5)13-23-17(21)9-10-18(22)24-14-16(2)12-20(6,7)8/h9-10,15-16H,11-14H2,1-8H3/b10-9+. The zero-order valence-electron chi connectivity index (χ0n) is 16.8. The van der Waals surface area contributed by atoms with Gasteiger partial charge in [-0.25, -0.2) is 9.59 Å². The summed E-state index contributed by atoms with van der Waals surface area (Å²) in [6.07, 6.45) is 4.22. The Kier molecular flexibility index (Phi) is 9.31. The van der Waals surface area contributed by atoms with E-state index >= 15 is 0 Å². The van der Waals surface area contributed by atoms with Crippen LogP contribution in [0.15, 0.2) is 12.2 Å². The Morgan fingerprint density at radius 1 is 0.750 bits per heavy atom. The summed E-state index contributed by atoms with van der Waals surface area (Å²) in [6.45, 7) is 17.7. The van der Waals surface area contributed by atoms with Gasteiger partial charge in [-0.1, -0.05) is 55.4 Å². The Hall–Kier alpha value is -1.32. The number of carbonyl (C=O) groups excluding carboxylic acids is 2. The van der Waals surface area contributed by atoms with Gasteiger partial charge in [0.25, 0.3) is 0 Å². The molecule has 0 bridgehead atoms. The van der Waals surface area contributed by atoms with Gasteiger partial charge in [-0.05, 0) is 35.5 Å². The molecule has 4 heteroatoms. The van der Waals surface area contributed by atoms with E-state index in [-0.39, 0.29) is 22.7 Å². The molecule has 0 rings (SSSR count). The minimum atomic E-state index is -0.504. The molecule has 0 aromatic heterocycles. The van der Waals surface area contributed by atoms with Crippen LogP contribution in [0.3, 0.4) is 0 Å². The molecule has 0 fully saturated rings. The van der Waals surface area contributed by atoms with Crippen molar-refractivity contribution in [3.8, 4) is 0 Å². The number of rotatable bonds is 8. The molecule has 0 aromatic rings. The highest BCUT2D eigenvalue weighted by Gasteiger charge is 2.17. The van der Waals surface area contributed by atoms with E-state index in [2.05, 4.69) is 41.5 Å². The van der Waals surface area contributed by atoms with Crippen LogP contribution in [0.1, 0.15) is 68.2 Å². The predicted molar refractivity (Wildman–Crippen MR) is 97.5 cm³/mol. The molecule has 140 valence electrons. The van der Waals surface area contributed by atoms with E-state index in [0.717, 1.165) is 25.0 Å². The van der Waals surface area contributed by atoms with Crippen LogP contribution >= 0.6 is 0 Å². The van der Waals surface area contributed by atoms with Gasteiger partial charge < -0.3 is 9.47 Å². The highest BCUT2D eigenvalue weighted by atomic mass is 16.5. The fourth-order valence-corrected chi connectivity index (χ4v) is 2.89. The molecule has 0 aliphatic rings. The molecule has 24 heavy (non-hydrogen) atoms. The van der Waals surface area contributed by atoms with Crippen LogP contribution in [0.5, 0.6) is 0 Å². The first kappa shape index (κ1) is 22.7. The van der Waals surface area contributed by atoms with Gasteiger partial charge in [0.15, 0.2) is 0 Å². The van der Waals surface area contributed by atoms with Crippen molar-refractivity contribution in [2.75, 3.05) is 13.2 Å². The molecule has 0 heterocycles. The van der Waals surface area contributed by atoms with Crippen molar-refractivity contribution in [1.29, 1.82) is 0 Å². The van der Waals surface area contributed by atoms with Crippen LogP contribution in [0, 0.1) is 22.7 Å². The van der Waals surface area contributed by atoms with Gasteiger partial charge in [0.2, 0.25) is 0 Å². The highest BCUT2D eigenvalue weighted by molar-refractivity contribution is 5.91. The number of ether oxygens (including phenoxy) is 2. The maximum atomic E-state index is 11.6. The molecule has 0 aliphatic carbocycles. The molecule has 0 saturated carbocycles. The summed E-state index contributed by atoms with van der Waals surface area (Å²) in [5.74, 6) is -0.439. The Bertz CT molecular complexity index is 384. The van der Waals surface area contributed by atoms with E-state index in [9.17, 15) is 9.59 Å². The normalized spacial score (nSPS) is 15.2. The topological polar surface area (TPSA) is 52.6 Å². The summed E-state index contributed by atoms with van der Waals surface area (Å²) < 4.78 is 10.3. The molecule has 4 nitrogen and oxygen atoms in total. The fraction of sp³-hybridized carbons (Fsp3) is 0.800. The summed E-state index contributed by atoms with van der Waals surface area (Å²) in [5, 5.41) is 0. The Morgan fingerprint density at radius 2 is 1.04 bits per heavy atom. The molecule has 2 unspecified atom stereocenters. The molecule has 0 saturated heterocycles. The van der Waals surface area contributed by atoms with Crippen LogP contribution in [0.2, 0.25) is 0 Å². The van der Waals surface area contributed by atoms with Gasteiger partial charge in [0.05, 0.1) is 13.2 Å². The van der Waals surface area contributed by atoms with Gasteiger partial charge in [-0.2, -0.15) is 0 Å². The molecule has 0 aromatic carbocycles. The third-order valence-corrected chi connectivity index (χ3v) is 3.30. The van der Waals surface area contributed by atoms with E-state index in [1.54, 1.807) is 0 Å². The van der Waals surface area contributed by atoms with E-state index in [4.69, 9.17) is 9.47 Å². The fourth-order valence-electron chi connectivity index (χ4n) is 2.89. The quantitative estimate of drug-likeness (QED) is 0.471. The summed E-state index contributed by atoms with van der Waals surface area (Å²) in [5.41, 5.74) is 0.407. The molecule has 0 radical (unpaired) electrons. The molecule has 2 atom stereocenters. The van der Waals surface area contributed by atoms with E-state index in [0.29, 0.717) is 13.2 Å². The van der Waals surface area contributed by atoms with E-state index in [1.807, 2.05) is 13.8 Å². The first-order valence-electron chi connectivity index (χ1n) is 8.80. The molecule has 0 amide bonds. The Labute approximate surface area is 148 Å². The zero-order chi connectivity index (χ0) is 19.0. The molecule has 0 aliphatic heterocycles. The second kappa shape index (κ2) is 9.85. The predicted octanol–water partition coefficient (Wildman–Crippen LogP) is 4.77. The number of esters is 2. The lowest BCUT2D eigenvalue weighted by Gasteiger charge is -2.22. The summed E-state index contributed by atoms with van der Waals surface area (Å²) in [6, 6.07) is 0. The van der Waals surface area contributed by atoms with Gasteiger partial charge in [-0.3, -0.25) is 0 Å². The summed E-state index contributed by atoms with van der Waals surface area (Å²) >= 11 is 0. The number of hydrogen-bond donors (Lipinski definition) is 0. The van der Waals surface area contributed by atoms with Crippen molar-refractivity contribution in [3.63, 3.8) is 0 Å². The van der Waals surface area contributed by atoms with Crippen LogP contribution in [0.25, 0.3) is 0 Å². The second-order valence-electron chi connectivity index (χ2n) is 9.33. The van der Waals surface area contributed by atoms with Crippen LogP contribution in [-0.2, 0) is 19.1 Å². The smallest absolute Gasteiger partial charge is 0.331 e. The summed E-state index contributed by atoms with van der Waals surface area (Å²) in [7, 11) is 0. The van der Waals surface area contributed by atoms with E-state index < -0.39 is 11.9 Å². The maximum absolute atomic E-state index is 11.6. The highest BCUT2D eigenvalue weighted by Crippen LogP contribution is 2.25. The molecular weight excluding hydrogens is 304 g/mol. The van der Waals surface area contributed by atoms with Gasteiger partial charge >= 0.3 is 11.9 Å². The van der Waals surface area contributed by atoms with Crippen molar-refractivity contribution < 1.29 is 19.1 Å². The Morgan fingerprint density at radius 3 is 1.29 bits per heavy atom. The second-order valence-corrected chi connectivity index (χ2v) is 9.33. The largest absolute Gasteiger partial charge is 0.462 e. The minimum Gasteiger partial charge on any atom is -0.462 e. The zero-order valence-corrected chi connectivity index (χ0v) is 16.8. The van der Waals surface area contributed by atoms with Crippen LogP contribution < -0.4 is 0 Å². The SMILES string of the molecule is CC(COC(=O)/C=C/C(=O)OCC(C)CC(C)(C)C)CC(C)(C)C. The third-order valence-electron chi connectivity index (χ3n) is 3.30. The molecule has 0 N–H and O–H groups in total. The third kappa shape index (κ3) is 14.3. The average Bonchev–Trinajstić information content (AvgIpc) is 2.36. The van der Waals surface area contributed by atoms with Crippen molar-refractivity contribution in [2.24, 2.45) is 22.7 Å². The lowest BCUT2D eigenvalue weighted by Crippen LogP contribution is -2.18. The van der Waals surface area contributed by atoms with Crippen molar-refractivity contribution in [3.05, 3.63) is 12.2 Å². The first-order valence-corrected chi connectivity index (χ1v) is 8.80. The lowest BCUT2D eigenvalue weighted by atomic mass is 9.86. The average molecular weight is 341 g/mol. The van der Waals surface area contributed by atoms with Gasteiger partial charge in [0, 0.05) is 12.2 Å². The van der Waals surface area contributed by atoms with Gasteiger partial charge in [-0.15, -0.1) is 0 Å². The van der Waals surface area contributed by atoms with E-state index in [1.165, 1.54) is 0 Å². The van der Waals surface area contributed by atoms with Crippen molar-refractivity contribution in [1.82, 2.24) is 0 Å². The minimum absolute atomic E-state index is 0.204. The maximum Gasteiger partial charge on any atom is 0.331 e. The first-order chi connectivity index (χ1) is 10.8.